The van der Waals surface area contributed by atoms with Gasteiger partial charge in [0.25, 0.3) is 0 Å². The van der Waals surface area contributed by atoms with E-state index < -0.39 is 0 Å². The summed E-state index contributed by atoms with van der Waals surface area (Å²) in [6.07, 6.45) is 32.0. The van der Waals surface area contributed by atoms with Crippen LogP contribution in [0.4, 0.5) is 0 Å². The summed E-state index contributed by atoms with van der Waals surface area (Å²) < 4.78 is 0.971. The van der Waals surface area contributed by atoms with Gasteiger partial charge in [0.05, 0.1) is 19.4 Å². The first kappa shape index (κ1) is 28.4. The number of aliphatic imine (C=N–C) groups is 1. The minimum Gasteiger partial charge on any atom is -0.391 e. The van der Waals surface area contributed by atoms with Crippen LogP contribution in [-0.2, 0) is 0 Å². The first-order chi connectivity index (χ1) is 15.3. The average molecular weight is 436 g/mol. The maximum atomic E-state index is 9.40. The lowest BCUT2D eigenvalue weighted by atomic mass is 10.0. The molecule has 1 heterocycles. The molecule has 31 heavy (non-hydrogen) atoms. The molecule has 1 aliphatic heterocycles. The molecule has 0 fully saturated rings. The Morgan fingerprint density at radius 1 is 0.774 bits per heavy atom. The van der Waals surface area contributed by atoms with Crippen molar-refractivity contribution in [1.29, 1.82) is 0 Å². The SMILES string of the molecule is CCCCCCCCCCCCC/C=C/CCCCCCC1N=CC[N+]1(CC)CCO. The Morgan fingerprint density at radius 2 is 1.29 bits per heavy atom. The van der Waals surface area contributed by atoms with E-state index in [1.54, 1.807) is 0 Å². The first-order valence-corrected chi connectivity index (χ1v) is 13.9. The smallest absolute Gasteiger partial charge is 0.182 e. The molecule has 0 aromatic heterocycles. The molecule has 3 nitrogen and oxygen atoms in total. The highest BCUT2D eigenvalue weighted by Crippen LogP contribution is 2.24. The molecule has 0 aromatic rings. The van der Waals surface area contributed by atoms with E-state index in [1.165, 1.54) is 116 Å². The fourth-order valence-electron chi connectivity index (χ4n) is 4.99. The Morgan fingerprint density at radius 3 is 1.81 bits per heavy atom. The zero-order chi connectivity index (χ0) is 22.5. The molecule has 1 rings (SSSR count). The van der Waals surface area contributed by atoms with Crippen LogP contribution in [-0.4, -0.2) is 48.2 Å². The van der Waals surface area contributed by atoms with Gasteiger partial charge in [-0.3, -0.25) is 4.48 Å². The summed E-state index contributed by atoms with van der Waals surface area (Å²) >= 11 is 0. The van der Waals surface area contributed by atoms with E-state index in [0.717, 1.165) is 24.1 Å². The number of nitrogens with zero attached hydrogens (tertiary/aromatic N) is 2. The molecule has 1 aliphatic rings. The molecule has 0 aromatic carbocycles. The van der Waals surface area contributed by atoms with Gasteiger partial charge < -0.3 is 5.11 Å². The summed E-state index contributed by atoms with van der Waals surface area (Å²) in [7, 11) is 0. The Bertz CT molecular complexity index is 448. The average Bonchev–Trinajstić information content (AvgIpc) is 3.18. The molecule has 0 saturated carbocycles. The second-order valence-electron chi connectivity index (χ2n) is 9.76. The third kappa shape index (κ3) is 13.5. The molecule has 2 unspecified atom stereocenters. The number of quaternary nitrogens is 1. The zero-order valence-electron chi connectivity index (χ0n) is 21.2. The minimum atomic E-state index is 0.277. The molecule has 1 N–H and O–H groups in total. The Balaban J connectivity index is 1.85. The van der Waals surface area contributed by atoms with E-state index in [2.05, 4.69) is 32.2 Å². The van der Waals surface area contributed by atoms with Gasteiger partial charge >= 0.3 is 0 Å². The highest BCUT2D eigenvalue weighted by molar-refractivity contribution is 5.60. The van der Waals surface area contributed by atoms with Gasteiger partial charge in [-0.1, -0.05) is 96.1 Å². The van der Waals surface area contributed by atoms with Gasteiger partial charge in [0.1, 0.15) is 13.1 Å². The number of likely N-dealkylation sites (N-methyl/N-ethyl adjacent to an activating group) is 1. The van der Waals surface area contributed by atoms with E-state index >= 15 is 0 Å². The van der Waals surface area contributed by atoms with Gasteiger partial charge in [-0.15, -0.1) is 0 Å². The number of hydrogen-bond acceptors (Lipinski definition) is 2. The molecule has 0 aliphatic carbocycles. The van der Waals surface area contributed by atoms with Gasteiger partial charge in [0.2, 0.25) is 0 Å². The molecule has 0 amide bonds. The summed E-state index contributed by atoms with van der Waals surface area (Å²) in [5, 5.41) is 9.40. The van der Waals surface area contributed by atoms with E-state index in [1.807, 2.05) is 0 Å². The molecular weight excluding hydrogens is 380 g/mol. The second kappa shape index (κ2) is 20.0. The highest BCUT2D eigenvalue weighted by Gasteiger charge is 2.36. The number of hydrogen-bond donors (Lipinski definition) is 1. The first-order valence-electron chi connectivity index (χ1n) is 13.9. The summed E-state index contributed by atoms with van der Waals surface area (Å²) in [5.41, 5.74) is 0. The third-order valence-electron chi connectivity index (χ3n) is 7.25. The Kier molecular flexibility index (Phi) is 18.3. The van der Waals surface area contributed by atoms with Crippen molar-refractivity contribution in [2.75, 3.05) is 26.2 Å². The largest absolute Gasteiger partial charge is 0.391 e. The lowest BCUT2D eigenvalue weighted by Gasteiger charge is -2.37. The van der Waals surface area contributed by atoms with Gasteiger partial charge in [0, 0.05) is 6.42 Å². The maximum absolute atomic E-state index is 9.40. The van der Waals surface area contributed by atoms with Crippen LogP contribution in [0, 0.1) is 0 Å². The standard InChI is InChI=1S/C28H55N2O/c1-3-5-6-7-8-9-10-11-12-13-14-15-16-17-18-19-20-21-22-23-28-29-24-25-30(28,4-2)26-27-31/h16-17,24,28,31H,3-15,18-23,25-27H2,1-2H3/q+1/b17-16+. The number of allylic oxidation sites excluding steroid dienone is 2. The molecule has 182 valence electrons. The summed E-state index contributed by atoms with van der Waals surface area (Å²) in [6.45, 7) is 7.74. The van der Waals surface area contributed by atoms with Crippen LogP contribution in [0.3, 0.4) is 0 Å². The molecule has 0 bridgehead atoms. The van der Waals surface area contributed by atoms with Crippen molar-refractivity contribution in [3.05, 3.63) is 12.2 Å². The summed E-state index contributed by atoms with van der Waals surface area (Å²) in [4.78, 5) is 4.72. The molecule has 3 heteroatoms. The van der Waals surface area contributed by atoms with Crippen molar-refractivity contribution in [2.45, 2.75) is 136 Å². The molecule has 0 spiro atoms. The van der Waals surface area contributed by atoms with E-state index in [9.17, 15) is 5.11 Å². The number of aliphatic hydroxyl groups is 1. The minimum absolute atomic E-state index is 0.277. The predicted octanol–water partition coefficient (Wildman–Crippen LogP) is 7.82. The van der Waals surface area contributed by atoms with E-state index in [-0.39, 0.29) is 6.61 Å². The lowest BCUT2D eigenvalue weighted by Crippen LogP contribution is -2.53. The molecular formula is C28H55N2O+. The number of unbranched alkanes of at least 4 members (excludes halogenated alkanes) is 15. The van der Waals surface area contributed by atoms with Gasteiger partial charge in [-0.2, -0.15) is 0 Å². The van der Waals surface area contributed by atoms with Crippen LogP contribution in [0.5, 0.6) is 0 Å². The number of rotatable bonds is 22. The predicted molar refractivity (Wildman–Crippen MR) is 138 cm³/mol. The van der Waals surface area contributed by atoms with Crippen molar-refractivity contribution in [2.24, 2.45) is 4.99 Å². The van der Waals surface area contributed by atoms with Crippen LogP contribution in [0.2, 0.25) is 0 Å². The van der Waals surface area contributed by atoms with Gasteiger partial charge in [-0.25, -0.2) is 4.99 Å². The summed E-state index contributed by atoms with van der Waals surface area (Å²) in [6, 6.07) is 0. The topological polar surface area (TPSA) is 32.6 Å². The quantitative estimate of drug-likeness (QED) is 0.105. The van der Waals surface area contributed by atoms with Crippen LogP contribution in [0.15, 0.2) is 17.1 Å². The van der Waals surface area contributed by atoms with Crippen molar-refractivity contribution in [3.8, 4) is 0 Å². The summed E-state index contributed by atoms with van der Waals surface area (Å²) in [5.74, 6) is 0. The van der Waals surface area contributed by atoms with Crippen LogP contribution in [0.25, 0.3) is 0 Å². The Labute approximate surface area is 195 Å². The molecule has 0 saturated heterocycles. The van der Waals surface area contributed by atoms with E-state index in [4.69, 9.17) is 4.99 Å². The fourth-order valence-corrected chi connectivity index (χ4v) is 4.99. The van der Waals surface area contributed by atoms with Crippen molar-refractivity contribution in [3.63, 3.8) is 0 Å². The van der Waals surface area contributed by atoms with Crippen molar-refractivity contribution < 1.29 is 9.59 Å². The zero-order valence-corrected chi connectivity index (χ0v) is 21.2. The van der Waals surface area contributed by atoms with Crippen molar-refractivity contribution >= 4 is 6.21 Å². The normalized spacial score (nSPS) is 20.9. The van der Waals surface area contributed by atoms with Gasteiger partial charge in [-0.05, 0) is 39.0 Å². The fraction of sp³-hybridized carbons (Fsp3) is 0.893. The van der Waals surface area contributed by atoms with Crippen LogP contribution < -0.4 is 0 Å². The maximum Gasteiger partial charge on any atom is 0.182 e. The second-order valence-corrected chi connectivity index (χ2v) is 9.76. The molecule has 2 atom stereocenters. The van der Waals surface area contributed by atoms with Gasteiger partial charge in [0.15, 0.2) is 6.17 Å². The van der Waals surface area contributed by atoms with Crippen molar-refractivity contribution in [1.82, 2.24) is 0 Å². The monoisotopic (exact) mass is 435 g/mol. The lowest BCUT2D eigenvalue weighted by molar-refractivity contribution is -0.936. The van der Waals surface area contributed by atoms with Crippen LogP contribution in [0.1, 0.15) is 129 Å². The highest BCUT2D eigenvalue weighted by atomic mass is 16.3. The van der Waals surface area contributed by atoms with Crippen LogP contribution >= 0.6 is 0 Å². The number of aliphatic hydroxyl groups excluding tert-OH is 1. The molecule has 0 radical (unpaired) electrons. The Hall–Kier alpha value is -0.670. The van der Waals surface area contributed by atoms with E-state index in [0.29, 0.717) is 6.17 Å². The third-order valence-corrected chi connectivity index (χ3v) is 7.25.